The SMILES string of the molecule is CN(C)C(=O)CN1CCC[C@@H]1c1cc(F)ccc1F. The average molecular weight is 268 g/mol. The van der Waals surface area contributed by atoms with Crippen LogP contribution in [0.5, 0.6) is 0 Å². The lowest BCUT2D eigenvalue weighted by molar-refractivity contribution is -0.130. The van der Waals surface area contributed by atoms with Crippen molar-refractivity contribution >= 4 is 5.91 Å². The van der Waals surface area contributed by atoms with Crippen LogP contribution in [0.25, 0.3) is 0 Å². The Morgan fingerprint density at radius 3 is 2.84 bits per heavy atom. The van der Waals surface area contributed by atoms with Crippen LogP contribution < -0.4 is 0 Å². The average Bonchev–Trinajstić information content (AvgIpc) is 2.80. The predicted molar refractivity (Wildman–Crippen MR) is 68.6 cm³/mol. The Bertz CT molecular complexity index is 477. The minimum Gasteiger partial charge on any atom is -0.348 e. The molecule has 1 atom stereocenters. The first-order chi connectivity index (χ1) is 8.99. The topological polar surface area (TPSA) is 23.6 Å². The summed E-state index contributed by atoms with van der Waals surface area (Å²) in [4.78, 5) is 15.2. The van der Waals surface area contributed by atoms with E-state index in [4.69, 9.17) is 0 Å². The number of carbonyl (C=O) groups is 1. The van der Waals surface area contributed by atoms with Crippen molar-refractivity contribution in [2.75, 3.05) is 27.2 Å². The Hall–Kier alpha value is -1.49. The number of hydrogen-bond donors (Lipinski definition) is 0. The molecular weight excluding hydrogens is 250 g/mol. The van der Waals surface area contributed by atoms with Gasteiger partial charge in [0, 0.05) is 25.7 Å². The molecule has 1 heterocycles. The van der Waals surface area contributed by atoms with Crippen LogP contribution in [0.1, 0.15) is 24.4 Å². The Morgan fingerprint density at radius 2 is 2.16 bits per heavy atom. The Balaban J connectivity index is 2.18. The molecule has 19 heavy (non-hydrogen) atoms. The van der Waals surface area contributed by atoms with Crippen molar-refractivity contribution in [1.82, 2.24) is 9.80 Å². The van der Waals surface area contributed by atoms with Crippen molar-refractivity contribution in [2.24, 2.45) is 0 Å². The van der Waals surface area contributed by atoms with E-state index in [0.717, 1.165) is 31.5 Å². The third-order valence-corrected chi connectivity index (χ3v) is 3.52. The van der Waals surface area contributed by atoms with Crippen LogP contribution in [0.3, 0.4) is 0 Å². The fourth-order valence-corrected chi connectivity index (χ4v) is 2.45. The lowest BCUT2D eigenvalue weighted by Crippen LogP contribution is -2.36. The monoisotopic (exact) mass is 268 g/mol. The number of rotatable bonds is 3. The molecule has 0 aromatic heterocycles. The maximum Gasteiger partial charge on any atom is 0.236 e. The van der Waals surface area contributed by atoms with E-state index in [-0.39, 0.29) is 18.5 Å². The number of hydrogen-bond acceptors (Lipinski definition) is 2. The first kappa shape index (κ1) is 13.9. The number of likely N-dealkylation sites (tertiary alicyclic amines) is 1. The molecule has 1 aromatic carbocycles. The van der Waals surface area contributed by atoms with Crippen LogP contribution in [-0.2, 0) is 4.79 Å². The summed E-state index contributed by atoms with van der Waals surface area (Å²) in [5, 5.41) is 0. The molecule has 1 fully saturated rings. The number of likely N-dealkylation sites (N-methyl/N-ethyl adjacent to an activating group) is 1. The van der Waals surface area contributed by atoms with E-state index in [9.17, 15) is 13.6 Å². The molecule has 5 heteroatoms. The molecule has 1 aromatic rings. The molecular formula is C14H18F2N2O. The molecule has 0 unspecified atom stereocenters. The van der Waals surface area contributed by atoms with Gasteiger partial charge in [-0.1, -0.05) is 0 Å². The molecule has 0 N–H and O–H groups in total. The van der Waals surface area contributed by atoms with Gasteiger partial charge in [-0.2, -0.15) is 0 Å². The standard InChI is InChI=1S/C14H18F2N2O/c1-17(2)14(19)9-18-7-3-4-13(18)11-8-10(15)5-6-12(11)16/h5-6,8,13H,3-4,7,9H2,1-2H3/t13-/m1/s1. The second-order valence-electron chi connectivity index (χ2n) is 5.08. The summed E-state index contributed by atoms with van der Waals surface area (Å²) in [6, 6.07) is 3.29. The summed E-state index contributed by atoms with van der Waals surface area (Å²) >= 11 is 0. The molecule has 1 saturated heterocycles. The van der Waals surface area contributed by atoms with Gasteiger partial charge >= 0.3 is 0 Å². The molecule has 0 spiro atoms. The smallest absolute Gasteiger partial charge is 0.236 e. The largest absolute Gasteiger partial charge is 0.348 e. The Kier molecular flexibility index (Phi) is 4.14. The normalized spacial score (nSPS) is 19.7. The second kappa shape index (κ2) is 5.65. The lowest BCUT2D eigenvalue weighted by Gasteiger charge is -2.25. The summed E-state index contributed by atoms with van der Waals surface area (Å²) in [7, 11) is 3.38. The van der Waals surface area contributed by atoms with E-state index in [1.807, 2.05) is 4.90 Å². The van der Waals surface area contributed by atoms with Crippen molar-refractivity contribution in [3.8, 4) is 0 Å². The van der Waals surface area contributed by atoms with Crippen LogP contribution in [0.15, 0.2) is 18.2 Å². The van der Waals surface area contributed by atoms with Crippen LogP contribution in [-0.4, -0.2) is 42.9 Å². The van der Waals surface area contributed by atoms with Gasteiger partial charge < -0.3 is 4.90 Å². The fraction of sp³-hybridized carbons (Fsp3) is 0.500. The predicted octanol–water partition coefficient (Wildman–Crippen LogP) is 2.19. The number of benzene rings is 1. The number of halogens is 2. The van der Waals surface area contributed by atoms with Gasteiger partial charge in [0.1, 0.15) is 11.6 Å². The van der Waals surface area contributed by atoms with E-state index in [0.29, 0.717) is 5.56 Å². The maximum atomic E-state index is 13.8. The van der Waals surface area contributed by atoms with E-state index in [1.54, 1.807) is 14.1 Å². The summed E-state index contributed by atoms with van der Waals surface area (Å²) in [5.74, 6) is -0.874. The molecule has 0 saturated carbocycles. The van der Waals surface area contributed by atoms with Gasteiger partial charge in [-0.25, -0.2) is 8.78 Å². The van der Waals surface area contributed by atoms with Gasteiger partial charge in [-0.3, -0.25) is 9.69 Å². The highest BCUT2D eigenvalue weighted by Gasteiger charge is 2.30. The first-order valence-electron chi connectivity index (χ1n) is 6.38. The zero-order valence-electron chi connectivity index (χ0n) is 11.2. The number of nitrogens with zero attached hydrogens (tertiary/aromatic N) is 2. The molecule has 0 bridgehead atoms. The van der Waals surface area contributed by atoms with Gasteiger partial charge in [0.2, 0.25) is 5.91 Å². The highest BCUT2D eigenvalue weighted by Crippen LogP contribution is 2.33. The number of carbonyl (C=O) groups excluding carboxylic acids is 1. The highest BCUT2D eigenvalue weighted by molar-refractivity contribution is 5.77. The Morgan fingerprint density at radius 1 is 1.42 bits per heavy atom. The molecule has 0 radical (unpaired) electrons. The molecule has 1 amide bonds. The number of amides is 1. The lowest BCUT2D eigenvalue weighted by atomic mass is 10.0. The molecule has 1 aliphatic rings. The van der Waals surface area contributed by atoms with Crippen LogP contribution >= 0.6 is 0 Å². The summed E-state index contributed by atoms with van der Waals surface area (Å²) in [6.45, 7) is 0.980. The minimum absolute atomic E-state index is 0.0243. The quantitative estimate of drug-likeness (QED) is 0.839. The summed E-state index contributed by atoms with van der Waals surface area (Å²) in [5.41, 5.74) is 0.351. The zero-order chi connectivity index (χ0) is 14.0. The Labute approximate surface area is 111 Å². The van der Waals surface area contributed by atoms with Gasteiger partial charge in [-0.15, -0.1) is 0 Å². The molecule has 0 aliphatic carbocycles. The second-order valence-corrected chi connectivity index (χ2v) is 5.08. The van der Waals surface area contributed by atoms with Crippen LogP contribution in [0, 0.1) is 11.6 Å². The van der Waals surface area contributed by atoms with Crippen LogP contribution in [0.2, 0.25) is 0 Å². The van der Waals surface area contributed by atoms with Crippen molar-refractivity contribution in [3.05, 3.63) is 35.4 Å². The van der Waals surface area contributed by atoms with Gasteiger partial charge in [0.15, 0.2) is 0 Å². The fourth-order valence-electron chi connectivity index (χ4n) is 2.45. The van der Waals surface area contributed by atoms with Crippen LogP contribution in [0.4, 0.5) is 8.78 Å². The van der Waals surface area contributed by atoms with E-state index < -0.39 is 11.6 Å². The summed E-state index contributed by atoms with van der Waals surface area (Å²) < 4.78 is 27.1. The van der Waals surface area contributed by atoms with Crippen molar-refractivity contribution in [3.63, 3.8) is 0 Å². The summed E-state index contributed by atoms with van der Waals surface area (Å²) in [6.07, 6.45) is 1.64. The van der Waals surface area contributed by atoms with Crippen molar-refractivity contribution in [2.45, 2.75) is 18.9 Å². The first-order valence-corrected chi connectivity index (χ1v) is 6.38. The molecule has 3 nitrogen and oxygen atoms in total. The van der Waals surface area contributed by atoms with Gasteiger partial charge in [0.25, 0.3) is 0 Å². The van der Waals surface area contributed by atoms with E-state index in [1.165, 1.54) is 11.0 Å². The molecule has 2 rings (SSSR count). The van der Waals surface area contributed by atoms with Crippen molar-refractivity contribution < 1.29 is 13.6 Å². The maximum absolute atomic E-state index is 13.8. The van der Waals surface area contributed by atoms with Gasteiger partial charge in [0.05, 0.1) is 6.54 Å². The minimum atomic E-state index is -0.442. The third kappa shape index (κ3) is 3.10. The van der Waals surface area contributed by atoms with E-state index in [2.05, 4.69) is 0 Å². The highest BCUT2D eigenvalue weighted by atomic mass is 19.1. The van der Waals surface area contributed by atoms with Crippen molar-refractivity contribution in [1.29, 1.82) is 0 Å². The van der Waals surface area contributed by atoms with E-state index >= 15 is 0 Å². The zero-order valence-corrected chi connectivity index (χ0v) is 11.2. The third-order valence-electron chi connectivity index (χ3n) is 3.52. The molecule has 104 valence electrons. The van der Waals surface area contributed by atoms with Gasteiger partial charge in [-0.05, 0) is 37.6 Å². The molecule has 1 aliphatic heterocycles.